The molecule has 1 aromatic heterocycles. The number of amides is 2. The number of carbonyl (C=O) groups is 2. The van der Waals surface area contributed by atoms with Gasteiger partial charge in [-0.05, 0) is 37.6 Å². The van der Waals surface area contributed by atoms with E-state index in [9.17, 15) is 14.4 Å². The Bertz CT molecular complexity index is 1110. The Labute approximate surface area is 167 Å². The third-order valence-corrected chi connectivity index (χ3v) is 4.41. The first kappa shape index (κ1) is 20.1. The maximum absolute atomic E-state index is 12.0. The molecule has 3 rings (SSSR count). The van der Waals surface area contributed by atoms with Gasteiger partial charge in [-0.15, -0.1) is 0 Å². The fourth-order valence-electron chi connectivity index (χ4n) is 2.92. The largest absolute Gasteiger partial charge is 0.376 e. The van der Waals surface area contributed by atoms with E-state index >= 15 is 0 Å². The summed E-state index contributed by atoms with van der Waals surface area (Å²) in [6, 6.07) is 12.9. The Balaban J connectivity index is 1.45. The summed E-state index contributed by atoms with van der Waals surface area (Å²) in [5.74, 6) is -0.317. The quantitative estimate of drug-likeness (QED) is 0.476. The fourth-order valence-corrected chi connectivity index (χ4v) is 2.92. The van der Waals surface area contributed by atoms with Crippen molar-refractivity contribution in [3.05, 3.63) is 69.8 Å². The molecule has 4 N–H and O–H groups in total. The number of aromatic nitrogens is 2. The molecule has 1 heterocycles. The Hall–Kier alpha value is -3.68. The zero-order valence-corrected chi connectivity index (χ0v) is 16.3. The molecule has 0 fully saturated rings. The highest BCUT2D eigenvalue weighted by atomic mass is 16.2. The van der Waals surface area contributed by atoms with Gasteiger partial charge < -0.3 is 10.3 Å². The molecule has 0 bridgehead atoms. The molecule has 150 valence electrons. The fraction of sp³-hybridized carbons (Fsp3) is 0.238. The second kappa shape index (κ2) is 9.01. The van der Waals surface area contributed by atoms with Gasteiger partial charge in [-0.25, -0.2) is 4.98 Å². The molecule has 0 unspecified atom stereocenters. The number of nitrogens with one attached hydrogen (secondary N) is 4. The average Bonchev–Trinajstić information content (AvgIpc) is 2.70. The lowest BCUT2D eigenvalue weighted by Crippen LogP contribution is -2.44. The summed E-state index contributed by atoms with van der Waals surface area (Å²) in [6.07, 6.45) is 0.328. The summed E-state index contributed by atoms with van der Waals surface area (Å²) in [5, 5.41) is 3.54. The zero-order chi connectivity index (χ0) is 20.8. The molecule has 0 aliphatic heterocycles. The van der Waals surface area contributed by atoms with Crippen LogP contribution in [0.4, 0.5) is 5.69 Å². The third kappa shape index (κ3) is 5.41. The van der Waals surface area contributed by atoms with Crippen molar-refractivity contribution in [1.82, 2.24) is 20.8 Å². The molecule has 0 aliphatic rings. The number of nitrogens with zero attached hydrogens (tertiary/aromatic N) is 1. The predicted molar refractivity (Wildman–Crippen MR) is 111 cm³/mol. The predicted octanol–water partition coefficient (Wildman–Crippen LogP) is 1.73. The molecule has 2 amide bonds. The van der Waals surface area contributed by atoms with Crippen LogP contribution in [0.1, 0.15) is 23.4 Å². The van der Waals surface area contributed by atoms with Crippen molar-refractivity contribution >= 4 is 28.4 Å². The molecule has 0 aliphatic carbocycles. The van der Waals surface area contributed by atoms with Gasteiger partial charge in [-0.3, -0.25) is 25.2 Å². The standard InChI is InChI=1S/C21H23N5O3/c1-13-7-8-16(14(2)11-13)22-12-20(28)26-25-19(27)10-9-18-23-17-6-4-3-5-15(17)21(29)24-18/h3-8,11,22H,9-10,12H2,1-2H3,(H,25,27)(H,26,28)(H,23,24,29). The lowest BCUT2D eigenvalue weighted by atomic mass is 10.1. The van der Waals surface area contributed by atoms with Gasteiger partial charge in [0.15, 0.2) is 0 Å². The summed E-state index contributed by atoms with van der Waals surface area (Å²) in [4.78, 5) is 42.9. The number of fused-ring (bicyclic) bond motifs is 1. The van der Waals surface area contributed by atoms with Crippen molar-refractivity contribution in [1.29, 1.82) is 0 Å². The van der Waals surface area contributed by atoms with E-state index in [1.807, 2.05) is 32.0 Å². The molecule has 0 atom stereocenters. The maximum Gasteiger partial charge on any atom is 0.258 e. The number of carbonyl (C=O) groups excluding carboxylic acids is 2. The van der Waals surface area contributed by atoms with E-state index in [1.165, 1.54) is 0 Å². The van der Waals surface area contributed by atoms with Crippen LogP contribution in [0.2, 0.25) is 0 Å². The van der Waals surface area contributed by atoms with Gasteiger partial charge in [0.1, 0.15) is 5.82 Å². The van der Waals surface area contributed by atoms with Crippen LogP contribution in [0.5, 0.6) is 0 Å². The normalized spacial score (nSPS) is 10.6. The van der Waals surface area contributed by atoms with Crippen LogP contribution in [0, 0.1) is 13.8 Å². The molecule has 3 aromatic rings. The molecule has 2 aromatic carbocycles. The van der Waals surface area contributed by atoms with Crippen LogP contribution >= 0.6 is 0 Å². The molecule has 0 saturated heterocycles. The van der Waals surface area contributed by atoms with Gasteiger partial charge in [0, 0.05) is 18.5 Å². The molecule has 0 spiro atoms. The average molecular weight is 393 g/mol. The van der Waals surface area contributed by atoms with Crippen LogP contribution in [0.3, 0.4) is 0 Å². The van der Waals surface area contributed by atoms with Crippen molar-refractivity contribution in [2.45, 2.75) is 26.7 Å². The van der Waals surface area contributed by atoms with Crippen molar-refractivity contribution in [3.8, 4) is 0 Å². The molecule has 8 heteroatoms. The number of hydrogen-bond donors (Lipinski definition) is 4. The van der Waals surface area contributed by atoms with Gasteiger partial charge in [0.05, 0.1) is 17.4 Å². The number of rotatable bonds is 6. The second-order valence-corrected chi connectivity index (χ2v) is 6.80. The molecule has 0 radical (unpaired) electrons. The number of anilines is 1. The lowest BCUT2D eigenvalue weighted by Gasteiger charge is -2.11. The monoisotopic (exact) mass is 393 g/mol. The van der Waals surface area contributed by atoms with Crippen LogP contribution in [-0.2, 0) is 16.0 Å². The van der Waals surface area contributed by atoms with E-state index in [0.717, 1.165) is 16.8 Å². The SMILES string of the molecule is Cc1ccc(NCC(=O)NNC(=O)CCc2nc3ccccc3c(=O)[nH]2)c(C)c1. The van der Waals surface area contributed by atoms with E-state index in [2.05, 4.69) is 26.1 Å². The first-order valence-corrected chi connectivity index (χ1v) is 9.29. The Morgan fingerprint density at radius 1 is 1.03 bits per heavy atom. The molecular formula is C21H23N5O3. The minimum Gasteiger partial charge on any atom is -0.376 e. The maximum atomic E-state index is 12.0. The topological polar surface area (TPSA) is 116 Å². The summed E-state index contributed by atoms with van der Waals surface area (Å²) in [5.41, 5.74) is 8.13. The van der Waals surface area contributed by atoms with Gasteiger partial charge in [0.25, 0.3) is 11.5 Å². The lowest BCUT2D eigenvalue weighted by molar-refractivity contribution is -0.128. The van der Waals surface area contributed by atoms with Crippen molar-refractivity contribution in [3.63, 3.8) is 0 Å². The van der Waals surface area contributed by atoms with Crippen LogP contribution in [0.25, 0.3) is 10.9 Å². The highest BCUT2D eigenvalue weighted by Crippen LogP contribution is 2.15. The first-order chi connectivity index (χ1) is 13.9. The summed E-state index contributed by atoms with van der Waals surface area (Å²) < 4.78 is 0. The number of hydrazine groups is 1. The van der Waals surface area contributed by atoms with E-state index in [0.29, 0.717) is 16.7 Å². The van der Waals surface area contributed by atoms with E-state index < -0.39 is 0 Å². The minimum atomic E-state index is -0.374. The number of hydrogen-bond acceptors (Lipinski definition) is 5. The zero-order valence-electron chi connectivity index (χ0n) is 16.3. The van der Waals surface area contributed by atoms with E-state index in [-0.39, 0.29) is 36.8 Å². The number of H-pyrrole nitrogens is 1. The Morgan fingerprint density at radius 2 is 1.79 bits per heavy atom. The highest BCUT2D eigenvalue weighted by Gasteiger charge is 2.08. The first-order valence-electron chi connectivity index (χ1n) is 9.29. The van der Waals surface area contributed by atoms with E-state index in [4.69, 9.17) is 0 Å². The molecule has 0 saturated carbocycles. The smallest absolute Gasteiger partial charge is 0.258 e. The highest BCUT2D eigenvalue weighted by molar-refractivity contribution is 5.84. The summed E-state index contributed by atoms with van der Waals surface area (Å²) in [7, 11) is 0. The van der Waals surface area contributed by atoms with Crippen molar-refractivity contribution in [2.75, 3.05) is 11.9 Å². The second-order valence-electron chi connectivity index (χ2n) is 6.80. The van der Waals surface area contributed by atoms with Crippen molar-refractivity contribution < 1.29 is 9.59 Å². The van der Waals surface area contributed by atoms with E-state index in [1.54, 1.807) is 24.3 Å². The number of para-hydroxylation sites is 1. The Kier molecular flexibility index (Phi) is 6.23. The van der Waals surface area contributed by atoms with Crippen LogP contribution in [0.15, 0.2) is 47.3 Å². The Morgan fingerprint density at radius 3 is 2.59 bits per heavy atom. The van der Waals surface area contributed by atoms with Crippen molar-refractivity contribution in [2.24, 2.45) is 0 Å². The number of benzene rings is 2. The van der Waals surface area contributed by atoms with Gasteiger partial charge in [0.2, 0.25) is 5.91 Å². The van der Waals surface area contributed by atoms with Gasteiger partial charge >= 0.3 is 0 Å². The number of aromatic amines is 1. The molecule has 8 nitrogen and oxygen atoms in total. The summed E-state index contributed by atoms with van der Waals surface area (Å²) >= 11 is 0. The minimum absolute atomic E-state index is 0.0315. The number of aryl methyl sites for hydroxylation is 3. The molecule has 29 heavy (non-hydrogen) atoms. The van der Waals surface area contributed by atoms with Gasteiger partial charge in [-0.2, -0.15) is 0 Å². The van der Waals surface area contributed by atoms with Crippen LogP contribution < -0.4 is 21.7 Å². The van der Waals surface area contributed by atoms with Crippen LogP contribution in [-0.4, -0.2) is 28.3 Å². The molecular weight excluding hydrogens is 370 g/mol. The van der Waals surface area contributed by atoms with Gasteiger partial charge in [-0.1, -0.05) is 29.8 Å². The summed E-state index contributed by atoms with van der Waals surface area (Å²) in [6.45, 7) is 3.99. The third-order valence-electron chi connectivity index (χ3n) is 4.41.